The Bertz CT molecular complexity index is 433. The zero-order valence-electron chi connectivity index (χ0n) is 11.5. The van der Waals surface area contributed by atoms with E-state index in [1.54, 1.807) is 7.11 Å². The van der Waals surface area contributed by atoms with Crippen molar-refractivity contribution >= 4 is 0 Å². The lowest BCUT2D eigenvalue weighted by atomic mass is 10.1. The van der Waals surface area contributed by atoms with E-state index in [9.17, 15) is 0 Å². The fourth-order valence-electron chi connectivity index (χ4n) is 1.47. The summed E-state index contributed by atoms with van der Waals surface area (Å²) in [4.78, 5) is 0. The maximum absolute atomic E-state index is 5.47. The van der Waals surface area contributed by atoms with Crippen molar-refractivity contribution in [3.63, 3.8) is 0 Å². The lowest BCUT2D eigenvalue weighted by Crippen LogP contribution is -2.36. The third-order valence-electron chi connectivity index (χ3n) is 2.62. The number of benzene rings is 1. The van der Waals surface area contributed by atoms with Crippen molar-refractivity contribution in [3.05, 3.63) is 23.8 Å². The molecule has 0 unspecified atom stereocenters. The molecule has 0 amide bonds. The average Bonchev–Trinajstić information content (AvgIpc) is 2.38. The number of nitrogens with one attached hydrogen (secondary N) is 1. The van der Waals surface area contributed by atoms with Crippen molar-refractivity contribution < 1.29 is 9.47 Å². The number of ether oxygens (including phenoxy) is 2. The van der Waals surface area contributed by atoms with Crippen molar-refractivity contribution in [1.29, 1.82) is 0 Å². The molecule has 98 valence electrons. The number of methoxy groups -OCH3 is 1. The molecule has 3 nitrogen and oxygen atoms in total. The molecule has 0 heterocycles. The molecule has 0 aromatic heterocycles. The summed E-state index contributed by atoms with van der Waals surface area (Å²) in [5.74, 6) is 4.21. The van der Waals surface area contributed by atoms with Crippen LogP contribution >= 0.6 is 0 Å². The van der Waals surface area contributed by atoms with Gasteiger partial charge in [0.1, 0.15) is 0 Å². The van der Waals surface area contributed by atoms with Crippen LogP contribution in [-0.2, 0) is 6.54 Å². The fraction of sp³-hybridized carbons (Fsp3) is 0.467. The van der Waals surface area contributed by atoms with E-state index in [1.165, 1.54) is 0 Å². The predicted octanol–water partition coefficient (Wildman–Crippen LogP) is 2.60. The van der Waals surface area contributed by atoms with Gasteiger partial charge in [-0.1, -0.05) is 12.0 Å². The summed E-state index contributed by atoms with van der Waals surface area (Å²) in [7, 11) is 1.64. The smallest absolute Gasteiger partial charge is 0.161 e. The van der Waals surface area contributed by atoms with Crippen molar-refractivity contribution in [1.82, 2.24) is 5.32 Å². The average molecular weight is 247 g/mol. The molecule has 1 rings (SSSR count). The standard InChI is InChI=1S/C15H21NO2/c1-6-15(3,4)16-11-12-8-9-13(18-7-2)14(10-12)17-5/h1,8-10,16H,7,11H2,2-5H3. The number of rotatable bonds is 6. The lowest BCUT2D eigenvalue weighted by Gasteiger charge is -2.20. The van der Waals surface area contributed by atoms with Crippen LogP contribution in [0.3, 0.4) is 0 Å². The van der Waals surface area contributed by atoms with E-state index in [1.807, 2.05) is 39.0 Å². The molecule has 0 saturated heterocycles. The van der Waals surface area contributed by atoms with E-state index in [2.05, 4.69) is 11.2 Å². The quantitative estimate of drug-likeness (QED) is 0.784. The highest BCUT2D eigenvalue weighted by molar-refractivity contribution is 5.43. The Hall–Kier alpha value is -1.66. The molecule has 0 aliphatic carbocycles. The number of hydrogen-bond acceptors (Lipinski definition) is 3. The summed E-state index contributed by atoms with van der Waals surface area (Å²) in [6.07, 6.45) is 5.43. The normalized spacial score (nSPS) is 10.8. The molecule has 0 saturated carbocycles. The molecule has 0 fully saturated rings. The lowest BCUT2D eigenvalue weighted by molar-refractivity contribution is 0.310. The van der Waals surface area contributed by atoms with E-state index in [0.717, 1.165) is 17.1 Å². The zero-order chi connectivity index (χ0) is 13.6. The number of terminal acetylenes is 1. The summed E-state index contributed by atoms with van der Waals surface area (Å²) in [5.41, 5.74) is 0.796. The van der Waals surface area contributed by atoms with Crippen LogP contribution in [0, 0.1) is 12.3 Å². The molecular formula is C15H21NO2. The molecule has 0 bridgehead atoms. The Morgan fingerprint density at radius 3 is 2.61 bits per heavy atom. The molecule has 0 aliphatic heterocycles. The first-order valence-electron chi connectivity index (χ1n) is 6.05. The van der Waals surface area contributed by atoms with Gasteiger partial charge in [-0.2, -0.15) is 0 Å². The molecule has 0 spiro atoms. The highest BCUT2D eigenvalue weighted by Crippen LogP contribution is 2.28. The molecule has 0 radical (unpaired) electrons. The van der Waals surface area contributed by atoms with E-state index in [4.69, 9.17) is 15.9 Å². The summed E-state index contributed by atoms with van der Waals surface area (Å²) in [6.45, 7) is 7.21. The van der Waals surface area contributed by atoms with Crippen molar-refractivity contribution in [2.24, 2.45) is 0 Å². The van der Waals surface area contributed by atoms with Crippen molar-refractivity contribution in [2.45, 2.75) is 32.9 Å². The van der Waals surface area contributed by atoms with Gasteiger partial charge in [-0.05, 0) is 38.5 Å². The van der Waals surface area contributed by atoms with Gasteiger partial charge < -0.3 is 9.47 Å². The van der Waals surface area contributed by atoms with Gasteiger partial charge >= 0.3 is 0 Å². The molecule has 1 aromatic rings. The SMILES string of the molecule is C#CC(C)(C)NCc1ccc(OCC)c(OC)c1. The van der Waals surface area contributed by atoms with Crippen molar-refractivity contribution in [3.8, 4) is 23.8 Å². The maximum Gasteiger partial charge on any atom is 0.161 e. The van der Waals surface area contributed by atoms with Gasteiger partial charge in [-0.15, -0.1) is 6.42 Å². The highest BCUT2D eigenvalue weighted by atomic mass is 16.5. The molecular weight excluding hydrogens is 226 g/mol. The molecule has 1 aromatic carbocycles. The monoisotopic (exact) mass is 247 g/mol. The minimum atomic E-state index is -0.314. The van der Waals surface area contributed by atoms with Crippen LogP contribution < -0.4 is 14.8 Å². The maximum atomic E-state index is 5.47. The first-order valence-corrected chi connectivity index (χ1v) is 6.05. The minimum Gasteiger partial charge on any atom is -0.493 e. The van der Waals surface area contributed by atoms with Crippen LogP contribution in [0.4, 0.5) is 0 Å². The van der Waals surface area contributed by atoms with Crippen molar-refractivity contribution in [2.75, 3.05) is 13.7 Å². The summed E-state index contributed by atoms with van der Waals surface area (Å²) < 4.78 is 10.8. The van der Waals surface area contributed by atoms with E-state index < -0.39 is 0 Å². The Morgan fingerprint density at radius 1 is 1.33 bits per heavy atom. The Labute approximate surface area is 109 Å². The van der Waals surface area contributed by atoms with Crippen LogP contribution in [0.2, 0.25) is 0 Å². The largest absolute Gasteiger partial charge is 0.493 e. The second kappa shape index (κ2) is 6.32. The van der Waals surface area contributed by atoms with Gasteiger partial charge in [0.05, 0.1) is 19.3 Å². The number of hydrogen-bond donors (Lipinski definition) is 1. The molecule has 1 N–H and O–H groups in total. The fourth-order valence-corrected chi connectivity index (χ4v) is 1.47. The van der Waals surface area contributed by atoms with Crippen LogP contribution in [0.5, 0.6) is 11.5 Å². The van der Waals surface area contributed by atoms with Gasteiger partial charge in [-0.25, -0.2) is 0 Å². The summed E-state index contributed by atoms with van der Waals surface area (Å²) in [5, 5.41) is 3.30. The highest BCUT2D eigenvalue weighted by Gasteiger charge is 2.13. The molecule has 0 atom stereocenters. The van der Waals surface area contributed by atoms with Gasteiger partial charge in [0.25, 0.3) is 0 Å². The Kier molecular flexibility index (Phi) is 5.06. The van der Waals surface area contributed by atoms with E-state index in [0.29, 0.717) is 13.2 Å². The van der Waals surface area contributed by atoms with Gasteiger partial charge in [0.15, 0.2) is 11.5 Å². The minimum absolute atomic E-state index is 0.314. The topological polar surface area (TPSA) is 30.5 Å². The predicted molar refractivity (Wildman–Crippen MR) is 73.9 cm³/mol. The second-order valence-corrected chi connectivity index (χ2v) is 4.54. The second-order valence-electron chi connectivity index (χ2n) is 4.54. The summed E-state index contributed by atoms with van der Waals surface area (Å²) in [6, 6.07) is 5.89. The first kappa shape index (κ1) is 14.4. The van der Waals surface area contributed by atoms with Gasteiger partial charge in [-0.3, -0.25) is 5.32 Å². The van der Waals surface area contributed by atoms with Crippen LogP contribution in [0.15, 0.2) is 18.2 Å². The summed E-state index contributed by atoms with van der Waals surface area (Å²) >= 11 is 0. The molecule has 18 heavy (non-hydrogen) atoms. The first-order chi connectivity index (χ1) is 8.52. The van der Waals surface area contributed by atoms with Gasteiger partial charge in [0.2, 0.25) is 0 Å². The Morgan fingerprint density at radius 2 is 2.06 bits per heavy atom. The van der Waals surface area contributed by atoms with E-state index >= 15 is 0 Å². The molecule has 3 heteroatoms. The molecule has 0 aliphatic rings. The Balaban J connectivity index is 2.77. The van der Waals surface area contributed by atoms with Gasteiger partial charge in [0, 0.05) is 6.54 Å². The zero-order valence-corrected chi connectivity index (χ0v) is 11.5. The van der Waals surface area contributed by atoms with Crippen LogP contribution in [0.1, 0.15) is 26.3 Å². The third kappa shape index (κ3) is 3.97. The van der Waals surface area contributed by atoms with Crippen LogP contribution in [-0.4, -0.2) is 19.3 Å². The van der Waals surface area contributed by atoms with Crippen LogP contribution in [0.25, 0.3) is 0 Å². The van der Waals surface area contributed by atoms with E-state index in [-0.39, 0.29) is 5.54 Å². The third-order valence-corrected chi connectivity index (χ3v) is 2.62.